The Hall–Kier alpha value is -1.01. The number of hydrogen-bond acceptors (Lipinski definition) is 3. The lowest BCUT2D eigenvalue weighted by Gasteiger charge is -2.34. The van der Waals surface area contributed by atoms with E-state index in [-0.39, 0.29) is 0 Å². The SMILES string of the molecule is CCNC(=NCCCc1ccc(Cl)cc1Cl)NC1CCN(CC2CCOC2)CC1. The van der Waals surface area contributed by atoms with Crippen LogP contribution in [0.4, 0.5) is 0 Å². The van der Waals surface area contributed by atoms with Crippen molar-refractivity contribution in [1.29, 1.82) is 0 Å². The molecule has 1 unspecified atom stereocenters. The van der Waals surface area contributed by atoms with Crippen LogP contribution in [-0.2, 0) is 11.2 Å². The summed E-state index contributed by atoms with van der Waals surface area (Å²) in [5.41, 5.74) is 1.13. The molecule has 2 heterocycles. The number of halogens is 2. The number of aliphatic imine (C=N–C) groups is 1. The largest absolute Gasteiger partial charge is 0.381 e. The van der Waals surface area contributed by atoms with E-state index in [0.29, 0.717) is 11.1 Å². The van der Waals surface area contributed by atoms with E-state index in [1.807, 2.05) is 12.1 Å². The van der Waals surface area contributed by atoms with E-state index in [0.717, 1.165) is 74.7 Å². The molecule has 1 aromatic rings. The fourth-order valence-corrected chi connectivity index (χ4v) is 4.55. The van der Waals surface area contributed by atoms with Crippen LogP contribution in [0.5, 0.6) is 0 Å². The highest BCUT2D eigenvalue weighted by atomic mass is 35.5. The highest BCUT2D eigenvalue weighted by Gasteiger charge is 2.24. The molecule has 3 rings (SSSR count). The molecule has 0 radical (unpaired) electrons. The van der Waals surface area contributed by atoms with Crippen LogP contribution in [0.25, 0.3) is 0 Å². The first-order valence-corrected chi connectivity index (χ1v) is 11.7. The number of hydrogen-bond donors (Lipinski definition) is 2. The number of rotatable bonds is 8. The first kappa shape index (κ1) is 22.7. The van der Waals surface area contributed by atoms with Crippen LogP contribution in [0.3, 0.4) is 0 Å². The molecule has 0 aliphatic carbocycles. The average Bonchev–Trinajstić information content (AvgIpc) is 3.21. The summed E-state index contributed by atoms with van der Waals surface area (Å²) in [7, 11) is 0. The summed E-state index contributed by atoms with van der Waals surface area (Å²) in [5, 5.41) is 8.43. The lowest BCUT2D eigenvalue weighted by atomic mass is 10.0. The van der Waals surface area contributed by atoms with Crippen molar-refractivity contribution in [2.24, 2.45) is 10.9 Å². The van der Waals surface area contributed by atoms with Gasteiger partial charge in [-0.25, -0.2) is 0 Å². The molecule has 0 aromatic heterocycles. The van der Waals surface area contributed by atoms with E-state index in [2.05, 4.69) is 22.5 Å². The number of likely N-dealkylation sites (tertiary alicyclic amines) is 1. The summed E-state index contributed by atoms with van der Waals surface area (Å²) in [6.45, 7) is 9.13. The predicted molar refractivity (Wildman–Crippen MR) is 122 cm³/mol. The maximum Gasteiger partial charge on any atom is 0.191 e. The van der Waals surface area contributed by atoms with Crippen molar-refractivity contribution in [1.82, 2.24) is 15.5 Å². The Morgan fingerprint density at radius 2 is 2.07 bits per heavy atom. The minimum atomic E-state index is 0.495. The zero-order valence-corrected chi connectivity index (χ0v) is 18.9. The third-order valence-corrected chi connectivity index (χ3v) is 6.29. The van der Waals surface area contributed by atoms with Crippen LogP contribution in [-0.4, -0.2) is 62.8 Å². The van der Waals surface area contributed by atoms with E-state index in [9.17, 15) is 0 Å². The standard InChI is InChI=1S/C22H34Cl2N4O/c1-2-25-22(26-10-3-4-18-5-6-19(23)14-21(18)24)27-20-7-11-28(12-8-20)15-17-9-13-29-16-17/h5-6,14,17,20H,2-4,7-13,15-16H2,1H3,(H2,25,26,27). The van der Waals surface area contributed by atoms with Gasteiger partial charge in [0.15, 0.2) is 5.96 Å². The second-order valence-electron chi connectivity index (χ2n) is 8.05. The molecule has 1 aromatic carbocycles. The van der Waals surface area contributed by atoms with Crippen LogP contribution in [0.1, 0.15) is 38.2 Å². The monoisotopic (exact) mass is 440 g/mol. The molecule has 162 valence electrons. The summed E-state index contributed by atoms with van der Waals surface area (Å²) < 4.78 is 5.51. The third-order valence-electron chi connectivity index (χ3n) is 5.70. The van der Waals surface area contributed by atoms with Gasteiger partial charge in [0.1, 0.15) is 0 Å². The predicted octanol–water partition coefficient (Wildman–Crippen LogP) is 3.98. The second kappa shape index (κ2) is 12.0. The Balaban J connectivity index is 1.39. The zero-order chi connectivity index (χ0) is 20.5. The van der Waals surface area contributed by atoms with Gasteiger partial charge in [0.25, 0.3) is 0 Å². The van der Waals surface area contributed by atoms with Gasteiger partial charge in [-0.05, 0) is 62.6 Å². The Morgan fingerprint density at radius 1 is 1.24 bits per heavy atom. The highest BCUT2D eigenvalue weighted by molar-refractivity contribution is 6.35. The quantitative estimate of drug-likeness (QED) is 0.364. The number of benzene rings is 1. The van der Waals surface area contributed by atoms with Crippen LogP contribution in [0.2, 0.25) is 10.0 Å². The van der Waals surface area contributed by atoms with Gasteiger partial charge in [0.05, 0.1) is 6.61 Å². The Bertz CT molecular complexity index is 656. The lowest BCUT2D eigenvalue weighted by Crippen LogP contribution is -2.49. The van der Waals surface area contributed by atoms with Crippen molar-refractivity contribution < 1.29 is 4.74 Å². The van der Waals surface area contributed by atoms with Crippen LogP contribution in [0, 0.1) is 5.92 Å². The molecule has 2 aliphatic rings. The number of guanidine groups is 1. The summed E-state index contributed by atoms with van der Waals surface area (Å²) in [5.74, 6) is 1.66. The maximum absolute atomic E-state index is 6.26. The fourth-order valence-electron chi connectivity index (χ4n) is 4.05. The van der Waals surface area contributed by atoms with Crippen molar-refractivity contribution in [3.63, 3.8) is 0 Å². The van der Waals surface area contributed by atoms with E-state index in [1.54, 1.807) is 6.07 Å². The maximum atomic E-state index is 6.26. The van der Waals surface area contributed by atoms with Gasteiger partial charge in [0.2, 0.25) is 0 Å². The van der Waals surface area contributed by atoms with Crippen molar-refractivity contribution in [2.75, 3.05) is 45.9 Å². The molecular formula is C22H34Cl2N4O. The first-order chi connectivity index (χ1) is 14.1. The number of ether oxygens (including phenoxy) is 1. The number of piperidine rings is 1. The zero-order valence-electron chi connectivity index (χ0n) is 17.4. The van der Waals surface area contributed by atoms with E-state index >= 15 is 0 Å². The minimum absolute atomic E-state index is 0.495. The molecular weight excluding hydrogens is 407 g/mol. The second-order valence-corrected chi connectivity index (χ2v) is 8.89. The first-order valence-electron chi connectivity index (χ1n) is 10.9. The van der Waals surface area contributed by atoms with Crippen LogP contribution < -0.4 is 10.6 Å². The molecule has 5 nitrogen and oxygen atoms in total. The molecule has 2 saturated heterocycles. The van der Waals surface area contributed by atoms with Gasteiger partial charge in [-0.15, -0.1) is 0 Å². The molecule has 7 heteroatoms. The van der Waals surface area contributed by atoms with Gasteiger partial charge in [-0.3, -0.25) is 4.99 Å². The molecule has 0 amide bonds. The summed E-state index contributed by atoms with van der Waals surface area (Å²) in [6, 6.07) is 6.20. The van der Waals surface area contributed by atoms with Gasteiger partial charge < -0.3 is 20.3 Å². The van der Waals surface area contributed by atoms with E-state index in [4.69, 9.17) is 32.9 Å². The normalized spacial score (nSPS) is 21.5. The molecule has 2 N–H and O–H groups in total. The van der Waals surface area contributed by atoms with Gasteiger partial charge in [-0.1, -0.05) is 29.3 Å². The minimum Gasteiger partial charge on any atom is -0.381 e. The van der Waals surface area contributed by atoms with Crippen molar-refractivity contribution in [3.8, 4) is 0 Å². The summed E-state index contributed by atoms with van der Waals surface area (Å²) >= 11 is 12.2. The Labute approximate surface area is 185 Å². The summed E-state index contributed by atoms with van der Waals surface area (Å²) in [4.78, 5) is 7.36. The van der Waals surface area contributed by atoms with E-state index in [1.165, 1.54) is 25.8 Å². The molecule has 29 heavy (non-hydrogen) atoms. The molecule has 2 aliphatic heterocycles. The van der Waals surface area contributed by atoms with Gasteiger partial charge >= 0.3 is 0 Å². The molecule has 0 bridgehead atoms. The Morgan fingerprint density at radius 3 is 2.76 bits per heavy atom. The molecule has 0 saturated carbocycles. The van der Waals surface area contributed by atoms with Crippen LogP contribution in [0.15, 0.2) is 23.2 Å². The molecule has 2 fully saturated rings. The van der Waals surface area contributed by atoms with Gasteiger partial charge in [-0.2, -0.15) is 0 Å². The topological polar surface area (TPSA) is 48.9 Å². The van der Waals surface area contributed by atoms with E-state index < -0.39 is 0 Å². The number of nitrogens with one attached hydrogen (secondary N) is 2. The average molecular weight is 441 g/mol. The molecule has 1 atom stereocenters. The number of aryl methyl sites for hydroxylation is 1. The van der Waals surface area contributed by atoms with Crippen molar-refractivity contribution in [3.05, 3.63) is 33.8 Å². The molecule has 0 spiro atoms. The van der Waals surface area contributed by atoms with Crippen molar-refractivity contribution >= 4 is 29.2 Å². The fraction of sp³-hybridized carbons (Fsp3) is 0.682. The smallest absolute Gasteiger partial charge is 0.191 e. The third kappa shape index (κ3) is 7.63. The highest BCUT2D eigenvalue weighted by Crippen LogP contribution is 2.22. The van der Waals surface area contributed by atoms with Gasteiger partial charge in [0, 0.05) is 55.4 Å². The number of nitrogens with zero attached hydrogens (tertiary/aromatic N) is 2. The van der Waals surface area contributed by atoms with Crippen LogP contribution >= 0.6 is 23.2 Å². The van der Waals surface area contributed by atoms with Crippen molar-refractivity contribution in [2.45, 2.75) is 45.1 Å². The summed E-state index contributed by atoms with van der Waals surface area (Å²) in [6.07, 6.45) is 5.41. The Kier molecular flexibility index (Phi) is 9.37. The lowest BCUT2D eigenvalue weighted by molar-refractivity contribution is 0.150.